The van der Waals surface area contributed by atoms with Crippen LogP contribution in [0.2, 0.25) is 0 Å². The fraction of sp³-hybridized carbons (Fsp3) is 1.00. The number of thioether (sulfide) groups is 1. The molecule has 1 unspecified atom stereocenters. The van der Waals surface area contributed by atoms with E-state index in [4.69, 9.17) is 0 Å². The summed E-state index contributed by atoms with van der Waals surface area (Å²) >= 11 is 1.72. The van der Waals surface area contributed by atoms with Gasteiger partial charge in [0, 0.05) is 0 Å². The molecule has 0 aromatic rings. The van der Waals surface area contributed by atoms with E-state index < -0.39 is 0 Å². The SMILES string of the molecule is OC1CCCCCCCS1. The highest BCUT2D eigenvalue weighted by Crippen LogP contribution is 2.20. The van der Waals surface area contributed by atoms with Gasteiger partial charge in [-0.15, -0.1) is 11.8 Å². The van der Waals surface area contributed by atoms with Gasteiger partial charge in [-0.3, -0.25) is 0 Å². The van der Waals surface area contributed by atoms with Crippen molar-refractivity contribution in [3.05, 3.63) is 0 Å². The molecule has 0 spiro atoms. The van der Waals surface area contributed by atoms with Crippen LogP contribution in [0.5, 0.6) is 0 Å². The van der Waals surface area contributed by atoms with Gasteiger partial charge in [-0.1, -0.05) is 25.7 Å². The van der Waals surface area contributed by atoms with Crippen LogP contribution in [0.15, 0.2) is 0 Å². The fourth-order valence-corrected chi connectivity index (χ4v) is 2.23. The average Bonchev–Trinajstić information content (AvgIpc) is 2.02. The number of aliphatic hydroxyl groups excluding tert-OH is 1. The Hall–Kier alpha value is 0.310. The maximum Gasteiger partial charge on any atom is 0.0992 e. The number of hydrogen-bond donors (Lipinski definition) is 1. The van der Waals surface area contributed by atoms with Crippen LogP contribution in [-0.4, -0.2) is 16.3 Å². The molecule has 0 bridgehead atoms. The smallest absolute Gasteiger partial charge is 0.0992 e. The van der Waals surface area contributed by atoms with E-state index in [1.54, 1.807) is 11.8 Å². The van der Waals surface area contributed by atoms with Crippen molar-refractivity contribution in [2.75, 3.05) is 5.75 Å². The second-order valence-corrected chi connectivity index (χ2v) is 4.17. The van der Waals surface area contributed by atoms with Crippen LogP contribution in [0.25, 0.3) is 0 Å². The lowest BCUT2D eigenvalue weighted by Gasteiger charge is -2.06. The second-order valence-electron chi connectivity index (χ2n) is 2.88. The minimum absolute atomic E-state index is 0.0712. The van der Waals surface area contributed by atoms with Gasteiger partial charge < -0.3 is 5.11 Å². The zero-order valence-corrected chi connectivity index (χ0v) is 7.20. The minimum atomic E-state index is -0.0712. The molecule has 1 nitrogen and oxygen atoms in total. The fourth-order valence-electron chi connectivity index (χ4n) is 1.25. The van der Waals surface area contributed by atoms with Crippen LogP contribution in [0.3, 0.4) is 0 Å². The summed E-state index contributed by atoms with van der Waals surface area (Å²) in [7, 11) is 0. The first-order valence-corrected chi connectivity index (χ1v) is 5.24. The van der Waals surface area contributed by atoms with Crippen molar-refractivity contribution in [3.63, 3.8) is 0 Å². The van der Waals surface area contributed by atoms with E-state index in [2.05, 4.69) is 0 Å². The topological polar surface area (TPSA) is 20.2 Å². The van der Waals surface area contributed by atoms with Crippen LogP contribution in [0.1, 0.15) is 38.5 Å². The first kappa shape index (κ1) is 8.41. The molecule has 1 saturated heterocycles. The highest BCUT2D eigenvalue weighted by atomic mass is 32.2. The average molecular weight is 160 g/mol. The molecule has 1 rings (SSSR count). The number of aliphatic hydroxyl groups is 1. The third-order valence-electron chi connectivity index (χ3n) is 1.91. The lowest BCUT2D eigenvalue weighted by Crippen LogP contribution is -2.00. The van der Waals surface area contributed by atoms with E-state index in [0.717, 1.165) is 12.2 Å². The molecular formula is C8H16OS. The Kier molecular flexibility index (Phi) is 4.23. The Balaban J connectivity index is 2.15. The van der Waals surface area contributed by atoms with Crippen LogP contribution in [0.4, 0.5) is 0 Å². The zero-order chi connectivity index (χ0) is 7.23. The van der Waals surface area contributed by atoms with Gasteiger partial charge >= 0.3 is 0 Å². The Morgan fingerprint density at radius 1 is 1.00 bits per heavy atom. The minimum Gasteiger partial charge on any atom is -0.382 e. The van der Waals surface area contributed by atoms with Gasteiger partial charge in [0.15, 0.2) is 0 Å². The van der Waals surface area contributed by atoms with Gasteiger partial charge in [0.2, 0.25) is 0 Å². The summed E-state index contributed by atoms with van der Waals surface area (Å²) < 4.78 is 0. The number of hydrogen-bond acceptors (Lipinski definition) is 2. The van der Waals surface area contributed by atoms with E-state index in [1.165, 1.54) is 32.1 Å². The Labute approximate surface area is 67.2 Å². The largest absolute Gasteiger partial charge is 0.382 e. The third kappa shape index (κ3) is 3.47. The molecule has 2 heteroatoms. The Bertz CT molecular complexity index is 75.3. The molecule has 1 atom stereocenters. The lowest BCUT2D eigenvalue weighted by atomic mass is 10.1. The molecule has 1 aliphatic heterocycles. The van der Waals surface area contributed by atoms with Gasteiger partial charge in [-0.05, 0) is 18.6 Å². The van der Waals surface area contributed by atoms with Gasteiger partial charge in [0.05, 0.1) is 5.44 Å². The van der Waals surface area contributed by atoms with E-state index in [-0.39, 0.29) is 5.44 Å². The first-order chi connectivity index (χ1) is 4.89. The van der Waals surface area contributed by atoms with Crippen molar-refractivity contribution < 1.29 is 5.11 Å². The molecule has 1 aliphatic rings. The van der Waals surface area contributed by atoms with Crippen molar-refractivity contribution in [2.45, 2.75) is 44.0 Å². The van der Waals surface area contributed by atoms with Crippen LogP contribution < -0.4 is 0 Å². The highest BCUT2D eigenvalue weighted by Gasteiger charge is 2.05. The highest BCUT2D eigenvalue weighted by molar-refractivity contribution is 7.99. The molecule has 0 aliphatic carbocycles. The van der Waals surface area contributed by atoms with Gasteiger partial charge in [-0.2, -0.15) is 0 Å². The van der Waals surface area contributed by atoms with Crippen molar-refractivity contribution >= 4 is 11.8 Å². The van der Waals surface area contributed by atoms with E-state index in [0.29, 0.717) is 0 Å². The van der Waals surface area contributed by atoms with Crippen LogP contribution in [0, 0.1) is 0 Å². The normalized spacial score (nSPS) is 30.3. The van der Waals surface area contributed by atoms with Crippen molar-refractivity contribution in [1.82, 2.24) is 0 Å². The standard InChI is InChI=1S/C8H16OS/c9-8-6-4-2-1-3-5-7-10-8/h8-9H,1-7H2. The Morgan fingerprint density at radius 2 is 1.70 bits per heavy atom. The summed E-state index contributed by atoms with van der Waals surface area (Å²) in [6, 6.07) is 0. The lowest BCUT2D eigenvalue weighted by molar-refractivity contribution is 0.248. The summed E-state index contributed by atoms with van der Waals surface area (Å²) in [5.74, 6) is 1.15. The molecule has 1 N–H and O–H groups in total. The molecule has 1 heterocycles. The molecule has 0 saturated carbocycles. The van der Waals surface area contributed by atoms with Crippen LogP contribution in [-0.2, 0) is 0 Å². The summed E-state index contributed by atoms with van der Waals surface area (Å²) in [5, 5.41) is 9.30. The maximum absolute atomic E-state index is 9.30. The molecule has 1 fully saturated rings. The molecule has 0 aromatic heterocycles. The third-order valence-corrected chi connectivity index (χ3v) is 3.05. The predicted molar refractivity (Wildman–Crippen MR) is 46.2 cm³/mol. The van der Waals surface area contributed by atoms with E-state index >= 15 is 0 Å². The van der Waals surface area contributed by atoms with Crippen molar-refractivity contribution in [3.8, 4) is 0 Å². The Morgan fingerprint density at radius 3 is 2.60 bits per heavy atom. The summed E-state index contributed by atoms with van der Waals surface area (Å²) in [6.45, 7) is 0. The zero-order valence-electron chi connectivity index (χ0n) is 6.38. The number of rotatable bonds is 0. The van der Waals surface area contributed by atoms with E-state index in [9.17, 15) is 5.11 Å². The molecule has 60 valence electrons. The van der Waals surface area contributed by atoms with E-state index in [1.807, 2.05) is 0 Å². The van der Waals surface area contributed by atoms with Crippen molar-refractivity contribution in [2.24, 2.45) is 0 Å². The summed E-state index contributed by atoms with van der Waals surface area (Å²) in [4.78, 5) is 0. The predicted octanol–water partition coefficient (Wildman–Crippen LogP) is 2.39. The molecular weight excluding hydrogens is 144 g/mol. The van der Waals surface area contributed by atoms with Gasteiger partial charge in [0.1, 0.15) is 0 Å². The quantitative estimate of drug-likeness (QED) is 0.587. The first-order valence-electron chi connectivity index (χ1n) is 4.19. The summed E-state index contributed by atoms with van der Waals surface area (Å²) in [6.07, 6.45) is 7.56. The molecule has 0 aromatic carbocycles. The molecule has 0 radical (unpaired) electrons. The van der Waals surface area contributed by atoms with Crippen LogP contribution >= 0.6 is 11.8 Å². The van der Waals surface area contributed by atoms with Crippen molar-refractivity contribution in [1.29, 1.82) is 0 Å². The van der Waals surface area contributed by atoms with Gasteiger partial charge in [0.25, 0.3) is 0 Å². The maximum atomic E-state index is 9.30. The molecule has 0 amide bonds. The summed E-state index contributed by atoms with van der Waals surface area (Å²) in [5.41, 5.74) is -0.0712. The van der Waals surface area contributed by atoms with Gasteiger partial charge in [-0.25, -0.2) is 0 Å². The monoisotopic (exact) mass is 160 g/mol. The molecule has 10 heavy (non-hydrogen) atoms. The second kappa shape index (κ2) is 5.03.